The van der Waals surface area contributed by atoms with Crippen LogP contribution < -0.4 is 0 Å². The van der Waals surface area contributed by atoms with Gasteiger partial charge in [0.2, 0.25) is 0 Å². The summed E-state index contributed by atoms with van der Waals surface area (Å²) in [4.78, 5) is 26.2. The summed E-state index contributed by atoms with van der Waals surface area (Å²) >= 11 is 0. The van der Waals surface area contributed by atoms with Crippen LogP contribution in [0.15, 0.2) is 85.0 Å². The van der Waals surface area contributed by atoms with Crippen LogP contribution in [-0.4, -0.2) is 63.8 Å². The van der Waals surface area contributed by atoms with E-state index in [0.717, 1.165) is 11.1 Å². The molecule has 40 heavy (non-hydrogen) atoms. The molecular formula is C32H40O8. The monoisotopic (exact) mass is 552 g/mol. The van der Waals surface area contributed by atoms with Crippen molar-refractivity contribution in [3.05, 3.63) is 96.1 Å². The lowest BCUT2D eigenvalue weighted by molar-refractivity contribution is -0.159. The van der Waals surface area contributed by atoms with Gasteiger partial charge < -0.3 is 28.4 Å². The van der Waals surface area contributed by atoms with Crippen molar-refractivity contribution in [3.63, 3.8) is 0 Å². The van der Waals surface area contributed by atoms with Crippen LogP contribution in [0.1, 0.15) is 25.0 Å². The Morgan fingerprint density at radius 2 is 1.00 bits per heavy atom. The highest BCUT2D eigenvalue weighted by molar-refractivity contribution is 5.77. The molecule has 0 radical (unpaired) electrons. The van der Waals surface area contributed by atoms with Crippen molar-refractivity contribution >= 4 is 11.9 Å². The number of carbonyl (C=O) groups excluding carboxylic acids is 2. The molecule has 0 saturated heterocycles. The van der Waals surface area contributed by atoms with E-state index in [1.54, 1.807) is 26.4 Å². The first-order chi connectivity index (χ1) is 19.4. The van der Waals surface area contributed by atoms with E-state index in [2.05, 4.69) is 0 Å². The first-order valence-electron chi connectivity index (χ1n) is 13.5. The Morgan fingerprint density at radius 3 is 1.35 bits per heavy atom. The molecule has 6 atom stereocenters. The maximum Gasteiger partial charge on any atom is 0.339 e. The molecule has 2 aromatic rings. The van der Waals surface area contributed by atoms with Crippen LogP contribution in [0.4, 0.5) is 0 Å². The predicted molar refractivity (Wildman–Crippen MR) is 150 cm³/mol. The quantitative estimate of drug-likeness (QED) is 0.345. The van der Waals surface area contributed by atoms with Gasteiger partial charge in [0.05, 0.1) is 25.4 Å². The lowest BCUT2D eigenvalue weighted by atomic mass is 10.0. The van der Waals surface area contributed by atoms with Gasteiger partial charge in [0.25, 0.3) is 0 Å². The van der Waals surface area contributed by atoms with Crippen molar-refractivity contribution in [1.82, 2.24) is 0 Å². The van der Waals surface area contributed by atoms with Crippen molar-refractivity contribution in [3.8, 4) is 0 Å². The van der Waals surface area contributed by atoms with Crippen LogP contribution >= 0.6 is 0 Å². The Bertz CT molecular complexity index is 997. The Morgan fingerprint density at radius 1 is 0.625 bits per heavy atom. The number of hydrogen-bond acceptors (Lipinski definition) is 8. The molecule has 2 aromatic carbocycles. The van der Waals surface area contributed by atoms with Gasteiger partial charge in [-0.25, -0.2) is 9.59 Å². The van der Waals surface area contributed by atoms with E-state index >= 15 is 0 Å². The molecule has 1 aliphatic heterocycles. The van der Waals surface area contributed by atoms with Gasteiger partial charge in [0.15, 0.2) is 12.2 Å². The van der Waals surface area contributed by atoms with Gasteiger partial charge in [-0.2, -0.15) is 0 Å². The molecule has 0 spiro atoms. The van der Waals surface area contributed by atoms with Crippen molar-refractivity contribution in [1.29, 1.82) is 0 Å². The minimum absolute atomic E-state index is 0.0100. The summed E-state index contributed by atoms with van der Waals surface area (Å²) < 4.78 is 34.3. The Hall–Kier alpha value is -3.30. The van der Waals surface area contributed by atoms with E-state index in [9.17, 15) is 9.59 Å². The molecule has 0 amide bonds. The largest absolute Gasteiger partial charge is 0.461 e. The number of cyclic esters (lactones) is 2. The fraction of sp³-hybridized carbons (Fsp3) is 0.438. The molecule has 0 N–H and O–H groups in total. The summed E-state index contributed by atoms with van der Waals surface area (Å²) in [5, 5.41) is 0. The average Bonchev–Trinajstić information content (AvgIpc) is 2.98. The highest BCUT2D eigenvalue weighted by atomic mass is 16.6. The second-order valence-electron chi connectivity index (χ2n) is 9.73. The van der Waals surface area contributed by atoms with Crippen molar-refractivity contribution in [2.75, 3.05) is 27.4 Å². The second kappa shape index (κ2) is 16.7. The van der Waals surface area contributed by atoms with Crippen LogP contribution in [0.2, 0.25) is 0 Å². The van der Waals surface area contributed by atoms with Gasteiger partial charge in [-0.15, -0.1) is 0 Å². The number of esters is 2. The van der Waals surface area contributed by atoms with Crippen LogP contribution in [0.25, 0.3) is 0 Å². The zero-order valence-electron chi connectivity index (χ0n) is 23.6. The number of hydrogen-bond donors (Lipinski definition) is 0. The molecule has 1 aliphatic rings. The summed E-state index contributed by atoms with van der Waals surface area (Å²) in [7, 11) is 3.10. The first kappa shape index (κ1) is 31.2. The van der Waals surface area contributed by atoms with Crippen molar-refractivity contribution in [2.24, 2.45) is 11.8 Å². The first-order valence-corrected chi connectivity index (χ1v) is 13.5. The van der Waals surface area contributed by atoms with Crippen LogP contribution in [0, 0.1) is 11.8 Å². The fourth-order valence-corrected chi connectivity index (χ4v) is 4.09. The number of methoxy groups -OCH3 is 2. The summed E-state index contributed by atoms with van der Waals surface area (Å²) in [5.41, 5.74) is 1.87. The molecule has 3 rings (SSSR count). The van der Waals surface area contributed by atoms with Gasteiger partial charge in [-0.05, 0) is 23.3 Å². The SMILES string of the molecule is CO[C@H]1COC(=O)[C@@H](OCc2ccccc2)/C=C\[C@H](C)[C@@H](OC)COC(=O)[C@H](OCc2ccccc2)/C=C\[C@@H]1C. The van der Waals surface area contributed by atoms with Gasteiger partial charge >= 0.3 is 11.9 Å². The Balaban J connectivity index is 1.79. The third-order valence-electron chi connectivity index (χ3n) is 6.75. The van der Waals surface area contributed by atoms with Gasteiger partial charge in [0.1, 0.15) is 13.2 Å². The normalized spacial score (nSPS) is 28.3. The minimum atomic E-state index is -0.935. The topological polar surface area (TPSA) is 89.5 Å². The molecule has 0 bridgehead atoms. The summed E-state index contributed by atoms with van der Waals surface area (Å²) in [6, 6.07) is 19.2. The maximum atomic E-state index is 13.1. The molecule has 0 saturated carbocycles. The Kier molecular flexibility index (Phi) is 13.1. The summed E-state index contributed by atoms with van der Waals surface area (Å²) in [5.74, 6) is -1.44. The van der Waals surface area contributed by atoms with Crippen LogP contribution in [0.3, 0.4) is 0 Å². The van der Waals surface area contributed by atoms with Gasteiger partial charge in [0, 0.05) is 26.1 Å². The predicted octanol–water partition coefficient (Wildman–Crippen LogP) is 4.67. The van der Waals surface area contributed by atoms with E-state index in [4.69, 9.17) is 28.4 Å². The van der Waals surface area contributed by atoms with E-state index < -0.39 is 36.4 Å². The van der Waals surface area contributed by atoms with E-state index in [1.165, 1.54) is 0 Å². The van der Waals surface area contributed by atoms with Gasteiger partial charge in [-0.1, -0.05) is 86.7 Å². The number of benzene rings is 2. The molecular weight excluding hydrogens is 512 g/mol. The van der Waals surface area contributed by atoms with Crippen molar-refractivity contribution in [2.45, 2.75) is 51.5 Å². The average molecular weight is 553 g/mol. The zero-order chi connectivity index (χ0) is 28.7. The van der Waals surface area contributed by atoms with E-state index in [0.29, 0.717) is 0 Å². The standard InChI is InChI=1S/C32H40O8/c1-23-15-17-27(37-19-25-11-7-5-8-12-25)31(33)40-22-30(36-4)24(2)16-18-28(32(34)39-21-29(23)35-3)38-20-26-13-9-6-10-14-26/h5-18,23-24,27-30H,19-22H2,1-4H3/b17-15-,18-16-/t23-,24-,27-,28+,29-,30-/m0/s1. The second-order valence-corrected chi connectivity index (χ2v) is 9.73. The van der Waals surface area contributed by atoms with Crippen LogP contribution in [-0.2, 0) is 51.2 Å². The molecule has 1 heterocycles. The fourth-order valence-electron chi connectivity index (χ4n) is 4.09. The maximum absolute atomic E-state index is 13.1. The summed E-state index contributed by atoms with van der Waals surface area (Å²) in [6.07, 6.45) is 4.17. The lowest BCUT2D eigenvalue weighted by Gasteiger charge is -2.24. The minimum Gasteiger partial charge on any atom is -0.461 e. The molecule has 216 valence electrons. The molecule has 0 aliphatic carbocycles. The lowest BCUT2D eigenvalue weighted by Crippen LogP contribution is -2.34. The number of rotatable bonds is 8. The highest BCUT2D eigenvalue weighted by Gasteiger charge is 2.26. The Labute approximate surface area is 236 Å². The number of ether oxygens (including phenoxy) is 6. The van der Waals surface area contributed by atoms with E-state index in [1.807, 2.05) is 86.7 Å². The molecule has 0 fully saturated rings. The smallest absolute Gasteiger partial charge is 0.339 e. The third kappa shape index (κ3) is 10.0. The number of carbonyl (C=O) groups is 2. The zero-order valence-corrected chi connectivity index (χ0v) is 23.6. The molecule has 0 aromatic heterocycles. The van der Waals surface area contributed by atoms with Crippen LogP contribution in [0.5, 0.6) is 0 Å². The van der Waals surface area contributed by atoms with Gasteiger partial charge in [-0.3, -0.25) is 0 Å². The molecule has 0 unspecified atom stereocenters. The third-order valence-corrected chi connectivity index (χ3v) is 6.75. The van der Waals surface area contributed by atoms with E-state index in [-0.39, 0.29) is 38.3 Å². The highest BCUT2D eigenvalue weighted by Crippen LogP contribution is 2.17. The summed E-state index contributed by atoms with van der Waals surface area (Å²) in [6.45, 7) is 4.32. The molecule has 8 heteroatoms. The molecule has 8 nitrogen and oxygen atoms in total. The van der Waals surface area contributed by atoms with Crippen molar-refractivity contribution < 1.29 is 38.0 Å².